The van der Waals surface area contributed by atoms with E-state index in [1.165, 1.54) is 12.1 Å². The largest absolute Gasteiger partial charge is 0.352 e. The van der Waals surface area contributed by atoms with E-state index in [4.69, 9.17) is 0 Å². The van der Waals surface area contributed by atoms with Crippen molar-refractivity contribution in [1.82, 2.24) is 5.32 Å². The molecule has 1 aromatic carbocycles. The molecule has 0 fully saturated rings. The van der Waals surface area contributed by atoms with Crippen molar-refractivity contribution in [3.63, 3.8) is 0 Å². The minimum absolute atomic E-state index is 0.0723. The maximum atomic E-state index is 12.9. The van der Waals surface area contributed by atoms with Gasteiger partial charge in [-0.2, -0.15) is 0 Å². The highest BCUT2D eigenvalue weighted by Crippen LogP contribution is 2.05. The minimum atomic E-state index is -0.308. The third kappa shape index (κ3) is 4.31. The quantitative estimate of drug-likeness (QED) is 0.829. The van der Waals surface area contributed by atoms with E-state index in [1.807, 2.05) is 6.92 Å². The molecular weight excluding hydrogens is 273 g/mol. The molecule has 1 aromatic rings. The van der Waals surface area contributed by atoms with Crippen LogP contribution in [0.4, 0.5) is 4.39 Å². The van der Waals surface area contributed by atoms with Crippen LogP contribution in [0.2, 0.25) is 0 Å². The van der Waals surface area contributed by atoms with Gasteiger partial charge < -0.3 is 5.32 Å². The molecule has 0 saturated heterocycles. The van der Waals surface area contributed by atoms with Crippen molar-refractivity contribution < 1.29 is 9.18 Å². The Morgan fingerprint density at radius 1 is 1.56 bits per heavy atom. The highest BCUT2D eigenvalue weighted by Gasteiger charge is 2.09. The zero-order chi connectivity index (χ0) is 12.0. The van der Waals surface area contributed by atoms with Crippen molar-refractivity contribution in [1.29, 1.82) is 0 Å². The zero-order valence-electron chi connectivity index (χ0n) is 9.17. The SMILES string of the molecule is CCC(CBr)NC(=O)Cc1cccc(F)c1. The molecule has 2 nitrogen and oxygen atoms in total. The second kappa shape index (κ2) is 6.63. The van der Waals surface area contributed by atoms with Gasteiger partial charge in [0.15, 0.2) is 0 Å². The summed E-state index contributed by atoms with van der Waals surface area (Å²) in [6.07, 6.45) is 1.10. The normalized spacial score (nSPS) is 12.2. The number of alkyl halides is 1. The Morgan fingerprint density at radius 3 is 2.88 bits per heavy atom. The molecule has 0 bridgehead atoms. The molecule has 0 aliphatic heterocycles. The van der Waals surface area contributed by atoms with E-state index in [1.54, 1.807) is 12.1 Å². The molecule has 1 atom stereocenters. The van der Waals surface area contributed by atoms with Gasteiger partial charge >= 0.3 is 0 Å². The number of rotatable bonds is 5. The second-order valence-electron chi connectivity index (χ2n) is 3.63. The van der Waals surface area contributed by atoms with Crippen molar-refractivity contribution in [2.45, 2.75) is 25.8 Å². The molecule has 0 saturated carbocycles. The number of amides is 1. The Balaban J connectivity index is 2.51. The molecule has 1 unspecified atom stereocenters. The average Bonchev–Trinajstić information content (AvgIpc) is 2.26. The van der Waals surface area contributed by atoms with E-state index in [0.717, 1.165) is 11.8 Å². The van der Waals surface area contributed by atoms with Gasteiger partial charge in [0.1, 0.15) is 5.82 Å². The summed E-state index contributed by atoms with van der Waals surface area (Å²) in [5, 5.41) is 3.61. The molecule has 0 radical (unpaired) electrons. The van der Waals surface area contributed by atoms with Crippen LogP contribution in [-0.2, 0) is 11.2 Å². The lowest BCUT2D eigenvalue weighted by Gasteiger charge is -2.13. The molecule has 1 amide bonds. The molecular formula is C12H15BrFNO. The van der Waals surface area contributed by atoms with Gasteiger partial charge in [-0.1, -0.05) is 35.0 Å². The predicted octanol–water partition coefficient (Wildman–Crippen LogP) is 2.66. The molecule has 0 aliphatic carbocycles. The first kappa shape index (κ1) is 13.2. The molecule has 0 aromatic heterocycles. The van der Waals surface area contributed by atoms with Gasteiger partial charge in [0.2, 0.25) is 5.91 Å². The summed E-state index contributed by atoms with van der Waals surface area (Å²) in [4.78, 5) is 11.6. The van der Waals surface area contributed by atoms with Crippen LogP contribution < -0.4 is 5.32 Å². The van der Waals surface area contributed by atoms with Gasteiger partial charge in [-0.25, -0.2) is 4.39 Å². The van der Waals surface area contributed by atoms with E-state index in [2.05, 4.69) is 21.2 Å². The van der Waals surface area contributed by atoms with Gasteiger partial charge in [-0.15, -0.1) is 0 Å². The lowest BCUT2D eigenvalue weighted by Crippen LogP contribution is -2.36. The first-order valence-corrected chi connectivity index (χ1v) is 6.37. The van der Waals surface area contributed by atoms with Crippen molar-refractivity contribution in [2.24, 2.45) is 0 Å². The van der Waals surface area contributed by atoms with Crippen molar-refractivity contribution >= 4 is 21.8 Å². The highest BCUT2D eigenvalue weighted by atomic mass is 79.9. The first-order valence-electron chi connectivity index (χ1n) is 5.25. The maximum absolute atomic E-state index is 12.9. The van der Waals surface area contributed by atoms with Gasteiger partial charge in [-0.3, -0.25) is 4.79 Å². The zero-order valence-corrected chi connectivity index (χ0v) is 10.8. The number of carbonyl (C=O) groups is 1. The third-order valence-corrected chi connectivity index (χ3v) is 3.08. The van der Waals surface area contributed by atoms with Gasteiger partial charge in [0.05, 0.1) is 6.42 Å². The summed E-state index contributed by atoms with van der Waals surface area (Å²) < 4.78 is 12.9. The fourth-order valence-electron chi connectivity index (χ4n) is 1.36. The fourth-order valence-corrected chi connectivity index (χ4v) is 1.98. The molecule has 1 rings (SSSR count). The number of hydrogen-bond acceptors (Lipinski definition) is 1. The Morgan fingerprint density at radius 2 is 2.31 bits per heavy atom. The molecule has 4 heteroatoms. The van der Waals surface area contributed by atoms with Crippen LogP contribution in [0.25, 0.3) is 0 Å². The summed E-state index contributed by atoms with van der Waals surface area (Å²) in [7, 11) is 0. The smallest absolute Gasteiger partial charge is 0.224 e. The lowest BCUT2D eigenvalue weighted by atomic mass is 10.1. The van der Waals surface area contributed by atoms with E-state index in [9.17, 15) is 9.18 Å². The molecule has 0 spiro atoms. The summed E-state index contributed by atoms with van der Waals surface area (Å²) >= 11 is 3.33. The van der Waals surface area contributed by atoms with Gasteiger partial charge in [-0.05, 0) is 24.1 Å². The Bertz CT molecular complexity index is 353. The van der Waals surface area contributed by atoms with Crippen LogP contribution in [-0.4, -0.2) is 17.3 Å². The summed E-state index contributed by atoms with van der Waals surface area (Å²) in [6, 6.07) is 6.25. The Labute approximate surface area is 103 Å². The molecule has 1 N–H and O–H groups in total. The average molecular weight is 288 g/mol. The second-order valence-corrected chi connectivity index (χ2v) is 4.28. The first-order chi connectivity index (χ1) is 7.65. The lowest BCUT2D eigenvalue weighted by molar-refractivity contribution is -0.121. The van der Waals surface area contributed by atoms with Crippen LogP contribution in [0.1, 0.15) is 18.9 Å². The Kier molecular flexibility index (Phi) is 5.46. The number of halogens is 2. The van der Waals surface area contributed by atoms with E-state index in [0.29, 0.717) is 5.56 Å². The van der Waals surface area contributed by atoms with E-state index >= 15 is 0 Å². The van der Waals surface area contributed by atoms with Crippen molar-refractivity contribution in [2.75, 3.05) is 5.33 Å². The maximum Gasteiger partial charge on any atom is 0.224 e. The summed E-state index contributed by atoms with van der Waals surface area (Å²) in [6.45, 7) is 2.01. The van der Waals surface area contributed by atoms with Gasteiger partial charge in [0, 0.05) is 11.4 Å². The number of benzene rings is 1. The van der Waals surface area contributed by atoms with Crippen LogP contribution in [0.5, 0.6) is 0 Å². The molecule has 0 heterocycles. The molecule has 0 aliphatic rings. The third-order valence-electron chi connectivity index (χ3n) is 2.30. The van der Waals surface area contributed by atoms with Crippen LogP contribution >= 0.6 is 15.9 Å². The van der Waals surface area contributed by atoms with E-state index in [-0.39, 0.29) is 24.2 Å². The van der Waals surface area contributed by atoms with Crippen LogP contribution in [0.3, 0.4) is 0 Å². The number of carbonyl (C=O) groups excluding carboxylic acids is 1. The monoisotopic (exact) mass is 287 g/mol. The van der Waals surface area contributed by atoms with Gasteiger partial charge in [0.25, 0.3) is 0 Å². The number of hydrogen-bond donors (Lipinski definition) is 1. The molecule has 16 heavy (non-hydrogen) atoms. The van der Waals surface area contributed by atoms with Crippen LogP contribution in [0, 0.1) is 5.82 Å². The minimum Gasteiger partial charge on any atom is -0.352 e. The summed E-state index contributed by atoms with van der Waals surface area (Å²) in [5.74, 6) is -0.380. The van der Waals surface area contributed by atoms with Crippen LogP contribution in [0.15, 0.2) is 24.3 Å². The fraction of sp³-hybridized carbons (Fsp3) is 0.417. The topological polar surface area (TPSA) is 29.1 Å². The Hall–Kier alpha value is -0.900. The summed E-state index contributed by atoms with van der Waals surface area (Å²) in [5.41, 5.74) is 0.696. The van der Waals surface area contributed by atoms with Crippen molar-refractivity contribution in [3.8, 4) is 0 Å². The molecule has 88 valence electrons. The predicted molar refractivity (Wildman–Crippen MR) is 66.1 cm³/mol. The standard InChI is InChI=1S/C12H15BrFNO/c1-2-11(8-13)15-12(16)7-9-4-3-5-10(14)6-9/h3-6,11H,2,7-8H2,1H3,(H,15,16). The highest BCUT2D eigenvalue weighted by molar-refractivity contribution is 9.09. The van der Waals surface area contributed by atoms with E-state index < -0.39 is 0 Å². The van der Waals surface area contributed by atoms with Crippen molar-refractivity contribution in [3.05, 3.63) is 35.6 Å². The number of nitrogens with one attached hydrogen (secondary N) is 1.